The Morgan fingerprint density at radius 2 is 1.63 bits per heavy atom. The molecule has 0 aliphatic rings. The molecule has 13 nitrogen and oxygen atoms in total. The number of anilines is 1. The van der Waals surface area contributed by atoms with Crippen LogP contribution in [0.15, 0.2) is 66.0 Å². The van der Waals surface area contributed by atoms with E-state index < -0.39 is 42.5 Å². The van der Waals surface area contributed by atoms with Gasteiger partial charge in [-0.1, -0.05) is 60.7 Å². The molecule has 41 heavy (non-hydrogen) atoms. The molecule has 0 spiro atoms. The Labute approximate surface area is 239 Å². The second-order valence-corrected chi connectivity index (χ2v) is 9.62. The van der Waals surface area contributed by atoms with Crippen molar-refractivity contribution in [2.75, 3.05) is 25.5 Å². The van der Waals surface area contributed by atoms with Gasteiger partial charge in [0.2, 0.25) is 11.8 Å². The summed E-state index contributed by atoms with van der Waals surface area (Å²) in [5.74, 6) is -2.40. The lowest BCUT2D eigenvalue weighted by atomic mass is 10.2. The SMILES string of the molecule is CN(CC(=O)NC[C@@H](NC(=O)OCc1ccccc1)C(=O)O)C(=O)Cc1csc(NC(=O)NCc2ccccc2)n1. The van der Waals surface area contributed by atoms with Crippen LogP contribution in [0.4, 0.5) is 14.7 Å². The van der Waals surface area contributed by atoms with Crippen LogP contribution < -0.4 is 21.3 Å². The first-order valence-electron chi connectivity index (χ1n) is 12.4. The number of carbonyl (C=O) groups excluding carboxylic acids is 4. The Kier molecular flexibility index (Phi) is 11.6. The van der Waals surface area contributed by atoms with Crippen molar-refractivity contribution in [2.24, 2.45) is 0 Å². The molecule has 0 saturated carbocycles. The van der Waals surface area contributed by atoms with E-state index in [1.165, 1.54) is 7.05 Å². The van der Waals surface area contributed by atoms with Crippen LogP contribution in [0.5, 0.6) is 0 Å². The molecule has 5 amide bonds. The average molecular weight is 583 g/mol. The lowest BCUT2D eigenvalue weighted by Crippen LogP contribution is -2.50. The number of nitrogens with one attached hydrogen (secondary N) is 4. The number of nitrogens with zero attached hydrogens (tertiary/aromatic N) is 2. The molecular formula is C27H30N6O7S. The third-order valence-electron chi connectivity index (χ3n) is 5.51. The van der Waals surface area contributed by atoms with Gasteiger partial charge < -0.3 is 30.7 Å². The first kappa shape index (κ1) is 30.6. The highest BCUT2D eigenvalue weighted by Crippen LogP contribution is 2.16. The van der Waals surface area contributed by atoms with Crippen LogP contribution >= 0.6 is 11.3 Å². The molecule has 216 valence electrons. The Balaban J connectivity index is 1.37. The summed E-state index contributed by atoms with van der Waals surface area (Å²) >= 11 is 1.15. The van der Waals surface area contributed by atoms with Crippen molar-refractivity contribution in [1.82, 2.24) is 25.8 Å². The van der Waals surface area contributed by atoms with Crippen molar-refractivity contribution in [3.63, 3.8) is 0 Å². The van der Waals surface area contributed by atoms with E-state index in [1.807, 2.05) is 30.3 Å². The fraction of sp³-hybridized carbons (Fsp3) is 0.259. The number of ether oxygens (including phenoxy) is 1. The highest BCUT2D eigenvalue weighted by Gasteiger charge is 2.22. The van der Waals surface area contributed by atoms with Gasteiger partial charge in [0.25, 0.3) is 0 Å². The lowest BCUT2D eigenvalue weighted by Gasteiger charge is -2.18. The lowest BCUT2D eigenvalue weighted by molar-refractivity contribution is -0.139. The Morgan fingerprint density at radius 1 is 0.976 bits per heavy atom. The zero-order valence-corrected chi connectivity index (χ0v) is 23.0. The maximum absolute atomic E-state index is 12.6. The summed E-state index contributed by atoms with van der Waals surface area (Å²) in [5, 5.41) is 21.2. The van der Waals surface area contributed by atoms with Crippen LogP contribution in [-0.2, 0) is 38.7 Å². The van der Waals surface area contributed by atoms with Gasteiger partial charge in [0.1, 0.15) is 12.6 Å². The van der Waals surface area contributed by atoms with Crippen LogP contribution in [0.1, 0.15) is 16.8 Å². The van der Waals surface area contributed by atoms with Crippen LogP contribution in [0.2, 0.25) is 0 Å². The van der Waals surface area contributed by atoms with E-state index in [-0.39, 0.29) is 19.6 Å². The van der Waals surface area contributed by atoms with Crippen molar-refractivity contribution in [3.8, 4) is 0 Å². The molecule has 1 atom stereocenters. The zero-order valence-electron chi connectivity index (χ0n) is 22.2. The molecule has 3 rings (SSSR count). The maximum atomic E-state index is 12.6. The number of aromatic nitrogens is 1. The summed E-state index contributed by atoms with van der Waals surface area (Å²) < 4.78 is 5.01. The van der Waals surface area contributed by atoms with E-state index in [4.69, 9.17) is 4.74 Å². The van der Waals surface area contributed by atoms with Crippen LogP contribution in [0, 0.1) is 0 Å². The number of rotatable bonds is 13. The molecular weight excluding hydrogens is 552 g/mol. The number of carbonyl (C=O) groups is 5. The van der Waals surface area contributed by atoms with Crippen molar-refractivity contribution >= 4 is 46.4 Å². The highest BCUT2D eigenvalue weighted by atomic mass is 32.1. The predicted molar refractivity (Wildman–Crippen MR) is 150 cm³/mol. The van der Waals surface area contributed by atoms with Gasteiger partial charge in [0.15, 0.2) is 5.13 Å². The van der Waals surface area contributed by atoms with Crippen molar-refractivity contribution in [1.29, 1.82) is 0 Å². The summed E-state index contributed by atoms with van der Waals surface area (Å²) in [6.07, 6.45) is -1.06. The van der Waals surface area contributed by atoms with E-state index in [2.05, 4.69) is 26.3 Å². The van der Waals surface area contributed by atoms with E-state index in [1.54, 1.807) is 35.7 Å². The normalized spacial score (nSPS) is 11.0. The molecule has 3 aromatic rings. The standard InChI is InChI=1S/C27H30N6O7S/c1-33(15-22(34)28-14-21(24(36)37)31-27(39)40-16-19-10-6-3-7-11-19)23(35)12-20-17-41-26(30-20)32-25(38)29-13-18-8-4-2-5-9-18/h2-11,17,21H,12-16H2,1H3,(H,28,34)(H,31,39)(H,36,37)(H2,29,30,32,38)/t21-/m1/s1. The Hall–Kier alpha value is -4.98. The number of carboxylic acid groups (broad SMARTS) is 1. The second kappa shape index (κ2) is 15.6. The quantitative estimate of drug-likeness (QED) is 0.203. The Morgan fingerprint density at radius 3 is 2.29 bits per heavy atom. The molecule has 1 aromatic heterocycles. The monoisotopic (exact) mass is 582 g/mol. The molecule has 1 heterocycles. The molecule has 0 radical (unpaired) electrons. The van der Waals surface area contributed by atoms with Gasteiger partial charge >= 0.3 is 18.1 Å². The van der Waals surface area contributed by atoms with Crippen LogP contribution in [-0.4, -0.2) is 71.1 Å². The van der Waals surface area contributed by atoms with Crippen molar-refractivity contribution < 1.29 is 33.8 Å². The van der Waals surface area contributed by atoms with Crippen LogP contribution in [0.3, 0.4) is 0 Å². The molecule has 0 aliphatic heterocycles. The number of aliphatic carboxylic acids is 1. The number of likely N-dealkylation sites (N-methyl/N-ethyl adjacent to an activating group) is 1. The van der Waals surface area contributed by atoms with Crippen molar-refractivity contribution in [3.05, 3.63) is 82.9 Å². The largest absolute Gasteiger partial charge is 0.480 e. The van der Waals surface area contributed by atoms with Gasteiger partial charge in [-0.3, -0.25) is 14.9 Å². The van der Waals surface area contributed by atoms with Gasteiger partial charge in [-0.05, 0) is 11.1 Å². The fourth-order valence-electron chi connectivity index (χ4n) is 3.34. The summed E-state index contributed by atoms with van der Waals surface area (Å²) in [4.78, 5) is 65.8. The predicted octanol–water partition coefficient (Wildman–Crippen LogP) is 1.96. The smallest absolute Gasteiger partial charge is 0.408 e. The number of benzene rings is 2. The van der Waals surface area contributed by atoms with Gasteiger partial charge in [-0.15, -0.1) is 11.3 Å². The first-order valence-corrected chi connectivity index (χ1v) is 13.3. The van der Waals surface area contributed by atoms with Gasteiger partial charge in [-0.2, -0.15) is 0 Å². The minimum absolute atomic E-state index is 0.0454. The molecule has 0 unspecified atom stereocenters. The number of amides is 5. The van der Waals surface area contributed by atoms with Gasteiger partial charge in [-0.25, -0.2) is 19.4 Å². The fourth-order valence-corrected chi connectivity index (χ4v) is 4.04. The molecule has 0 aliphatic carbocycles. The summed E-state index contributed by atoms with van der Waals surface area (Å²) in [5.41, 5.74) is 2.08. The maximum Gasteiger partial charge on any atom is 0.408 e. The molecule has 14 heteroatoms. The number of thiazole rings is 1. The van der Waals surface area contributed by atoms with Gasteiger partial charge in [0.05, 0.1) is 18.7 Å². The molecule has 5 N–H and O–H groups in total. The number of urea groups is 1. The third kappa shape index (κ3) is 11.0. The molecule has 0 fully saturated rings. The molecule has 0 bridgehead atoms. The average Bonchev–Trinajstić information content (AvgIpc) is 3.40. The van der Waals surface area contributed by atoms with Crippen LogP contribution in [0.25, 0.3) is 0 Å². The third-order valence-corrected chi connectivity index (χ3v) is 6.32. The zero-order chi connectivity index (χ0) is 29.6. The minimum atomic E-state index is -1.44. The summed E-state index contributed by atoms with van der Waals surface area (Å²) in [6, 6.07) is 16.4. The van der Waals surface area contributed by atoms with E-state index in [0.29, 0.717) is 17.4 Å². The van der Waals surface area contributed by atoms with E-state index in [0.717, 1.165) is 27.4 Å². The van der Waals surface area contributed by atoms with E-state index >= 15 is 0 Å². The Bertz CT molecular complexity index is 1340. The van der Waals surface area contributed by atoms with Crippen molar-refractivity contribution in [2.45, 2.75) is 25.6 Å². The second-order valence-electron chi connectivity index (χ2n) is 8.76. The summed E-state index contributed by atoms with van der Waals surface area (Å²) in [6.45, 7) is -0.459. The highest BCUT2D eigenvalue weighted by molar-refractivity contribution is 7.13. The molecule has 2 aromatic carbocycles. The number of alkyl carbamates (subject to hydrolysis) is 1. The number of carboxylic acids is 1. The minimum Gasteiger partial charge on any atom is -0.480 e. The topological polar surface area (TPSA) is 179 Å². The van der Waals surface area contributed by atoms with Gasteiger partial charge in [0, 0.05) is 25.5 Å². The first-order chi connectivity index (χ1) is 19.7. The number of hydrogen-bond donors (Lipinski definition) is 5. The van der Waals surface area contributed by atoms with E-state index in [9.17, 15) is 29.1 Å². The number of hydrogen-bond acceptors (Lipinski definition) is 8. The molecule has 0 saturated heterocycles. The summed E-state index contributed by atoms with van der Waals surface area (Å²) in [7, 11) is 1.42.